The first-order valence-electron chi connectivity index (χ1n) is 10.7. The van der Waals surface area contributed by atoms with Gasteiger partial charge in [-0.25, -0.2) is 0 Å². The highest BCUT2D eigenvalue weighted by atomic mass is 35.5. The maximum Gasteiger partial charge on any atom is 0.309 e. The summed E-state index contributed by atoms with van der Waals surface area (Å²) in [5.41, 5.74) is -0.754. The van der Waals surface area contributed by atoms with Crippen molar-refractivity contribution in [3.8, 4) is 0 Å². The minimum absolute atomic E-state index is 0. The summed E-state index contributed by atoms with van der Waals surface area (Å²) in [5.74, 6) is 1.16. The van der Waals surface area contributed by atoms with Crippen molar-refractivity contribution in [2.24, 2.45) is 45.3 Å². The number of rotatable bonds is 3. The summed E-state index contributed by atoms with van der Waals surface area (Å²) in [6, 6.07) is 0. The van der Waals surface area contributed by atoms with Gasteiger partial charge in [-0.1, -0.05) is 0 Å². The Kier molecular flexibility index (Phi) is 3.54. The van der Waals surface area contributed by atoms with Crippen molar-refractivity contribution >= 4 is 24.3 Å². The van der Waals surface area contributed by atoms with E-state index >= 15 is 0 Å². The predicted octanol–water partition coefficient (Wildman–Crippen LogP) is 4.75. The van der Waals surface area contributed by atoms with Crippen LogP contribution in [0, 0.1) is 45.3 Å². The summed E-state index contributed by atoms with van der Waals surface area (Å²) >= 11 is 0. The van der Waals surface area contributed by atoms with Crippen LogP contribution in [0.2, 0.25) is 0 Å². The van der Waals surface area contributed by atoms with Crippen LogP contribution < -0.4 is 0 Å². The molecule has 8 bridgehead atoms. The minimum Gasteiger partial charge on any atom is -0.481 e. The Hall–Kier alpha value is -0.770. The van der Waals surface area contributed by atoms with Gasteiger partial charge in [-0.3, -0.25) is 9.59 Å². The molecule has 150 valence electrons. The first-order chi connectivity index (χ1) is 12.3. The Morgan fingerprint density at radius 2 is 0.889 bits per heavy atom. The van der Waals surface area contributed by atoms with Crippen LogP contribution in [0.25, 0.3) is 0 Å². The molecule has 0 aliphatic heterocycles. The van der Waals surface area contributed by atoms with Crippen LogP contribution in [-0.2, 0) is 9.59 Å². The maximum atomic E-state index is 12.3. The molecule has 8 aliphatic rings. The first-order valence-corrected chi connectivity index (χ1v) is 10.7. The van der Waals surface area contributed by atoms with Crippen molar-refractivity contribution in [2.45, 2.75) is 77.0 Å². The van der Waals surface area contributed by atoms with Gasteiger partial charge in [0.2, 0.25) is 0 Å². The molecule has 27 heavy (non-hydrogen) atoms. The molecule has 0 spiro atoms. The van der Waals surface area contributed by atoms with Crippen LogP contribution in [0.15, 0.2) is 0 Å². The Labute approximate surface area is 166 Å². The van der Waals surface area contributed by atoms with E-state index < -0.39 is 22.8 Å². The van der Waals surface area contributed by atoms with Gasteiger partial charge in [0.05, 0.1) is 10.8 Å². The second-order valence-corrected chi connectivity index (χ2v) is 11.7. The highest BCUT2D eigenvalue weighted by Gasteiger charge is 2.72. The number of carboxylic acid groups (broad SMARTS) is 2. The van der Waals surface area contributed by atoms with Crippen molar-refractivity contribution < 1.29 is 19.8 Å². The van der Waals surface area contributed by atoms with E-state index in [1.54, 1.807) is 0 Å². The monoisotopic (exact) mass is 394 g/mol. The summed E-state index contributed by atoms with van der Waals surface area (Å²) in [7, 11) is 0. The maximum absolute atomic E-state index is 12.3. The van der Waals surface area contributed by atoms with E-state index in [9.17, 15) is 19.8 Å². The summed E-state index contributed by atoms with van der Waals surface area (Å²) < 4.78 is 0. The van der Waals surface area contributed by atoms with Gasteiger partial charge in [-0.05, 0) is 112 Å². The molecule has 2 N–H and O–H groups in total. The summed E-state index contributed by atoms with van der Waals surface area (Å²) in [6.45, 7) is 0. The SMILES string of the molecule is Cl.O=C(O)C12CC3CC(C1)CC(C14CC5CC(CC(C(=O)O)(C5)C1)C4)(C3)C2. The van der Waals surface area contributed by atoms with Gasteiger partial charge in [0.1, 0.15) is 0 Å². The fourth-order valence-electron chi connectivity index (χ4n) is 10.3. The average Bonchev–Trinajstić information content (AvgIpc) is 2.52. The summed E-state index contributed by atoms with van der Waals surface area (Å²) in [4.78, 5) is 24.6. The van der Waals surface area contributed by atoms with Gasteiger partial charge < -0.3 is 10.2 Å². The second-order valence-electron chi connectivity index (χ2n) is 11.7. The molecule has 0 aromatic carbocycles. The normalized spacial score (nSPS) is 56.7. The van der Waals surface area contributed by atoms with E-state index in [1.807, 2.05) is 0 Å². The van der Waals surface area contributed by atoms with Gasteiger partial charge in [-0.2, -0.15) is 0 Å². The van der Waals surface area contributed by atoms with Crippen molar-refractivity contribution in [2.75, 3.05) is 0 Å². The zero-order valence-electron chi connectivity index (χ0n) is 15.9. The smallest absolute Gasteiger partial charge is 0.309 e. The average molecular weight is 395 g/mol. The van der Waals surface area contributed by atoms with Gasteiger partial charge in [0.15, 0.2) is 0 Å². The van der Waals surface area contributed by atoms with Crippen LogP contribution in [-0.4, -0.2) is 22.2 Å². The molecule has 4 atom stereocenters. The lowest BCUT2D eigenvalue weighted by Gasteiger charge is -2.72. The van der Waals surface area contributed by atoms with Crippen LogP contribution in [0.4, 0.5) is 0 Å². The summed E-state index contributed by atoms with van der Waals surface area (Å²) in [6.07, 6.45) is 12.4. The van der Waals surface area contributed by atoms with E-state index in [-0.39, 0.29) is 23.2 Å². The third kappa shape index (κ3) is 2.12. The topological polar surface area (TPSA) is 74.6 Å². The molecule has 0 saturated heterocycles. The third-order valence-corrected chi connectivity index (χ3v) is 10.2. The first kappa shape index (κ1) is 18.3. The molecule has 8 rings (SSSR count). The Morgan fingerprint density at radius 1 is 0.593 bits per heavy atom. The van der Waals surface area contributed by atoms with Crippen molar-refractivity contribution in [3.05, 3.63) is 0 Å². The minimum atomic E-state index is -0.561. The van der Waals surface area contributed by atoms with E-state index in [0.29, 0.717) is 23.7 Å². The molecular formula is C22H31ClO4. The molecule has 0 radical (unpaired) electrons. The summed E-state index contributed by atoms with van der Waals surface area (Å²) in [5, 5.41) is 20.2. The fourth-order valence-corrected chi connectivity index (χ4v) is 10.3. The van der Waals surface area contributed by atoms with Crippen molar-refractivity contribution in [1.82, 2.24) is 0 Å². The van der Waals surface area contributed by atoms with E-state index in [2.05, 4.69) is 0 Å². The number of carbonyl (C=O) groups is 2. The lowest BCUT2D eigenvalue weighted by molar-refractivity contribution is -0.242. The number of carboxylic acids is 2. The van der Waals surface area contributed by atoms with E-state index in [1.165, 1.54) is 38.5 Å². The van der Waals surface area contributed by atoms with Crippen LogP contribution in [0.3, 0.4) is 0 Å². The molecule has 8 saturated carbocycles. The molecular weight excluding hydrogens is 364 g/mol. The van der Waals surface area contributed by atoms with Gasteiger partial charge in [-0.15, -0.1) is 12.4 Å². The number of hydrogen-bond acceptors (Lipinski definition) is 2. The third-order valence-electron chi connectivity index (χ3n) is 10.2. The zero-order valence-corrected chi connectivity index (χ0v) is 16.7. The van der Waals surface area contributed by atoms with Crippen LogP contribution >= 0.6 is 12.4 Å². The largest absolute Gasteiger partial charge is 0.481 e. The van der Waals surface area contributed by atoms with Crippen molar-refractivity contribution in [1.29, 1.82) is 0 Å². The quantitative estimate of drug-likeness (QED) is 0.724. The molecule has 0 heterocycles. The molecule has 4 nitrogen and oxygen atoms in total. The number of halogens is 1. The Morgan fingerprint density at radius 3 is 1.15 bits per heavy atom. The Balaban J connectivity index is 0.00000160. The molecule has 8 fully saturated rings. The molecule has 0 aromatic rings. The lowest BCUT2D eigenvalue weighted by atomic mass is 9.31. The molecule has 4 unspecified atom stereocenters. The molecule has 5 heteroatoms. The fraction of sp³-hybridized carbons (Fsp3) is 0.909. The zero-order chi connectivity index (χ0) is 17.9. The highest BCUT2D eigenvalue weighted by molar-refractivity contribution is 5.85. The lowest BCUT2D eigenvalue weighted by Crippen LogP contribution is -2.66. The van der Waals surface area contributed by atoms with Crippen LogP contribution in [0.1, 0.15) is 77.0 Å². The molecule has 0 aromatic heterocycles. The highest BCUT2D eigenvalue weighted by Crippen LogP contribution is 2.78. The van der Waals surface area contributed by atoms with Gasteiger partial charge in [0.25, 0.3) is 0 Å². The molecule has 8 aliphatic carbocycles. The number of aliphatic carboxylic acids is 2. The predicted molar refractivity (Wildman–Crippen MR) is 102 cm³/mol. The number of hydrogen-bond donors (Lipinski definition) is 2. The van der Waals surface area contributed by atoms with Crippen molar-refractivity contribution in [3.63, 3.8) is 0 Å². The molecule has 0 amide bonds. The van der Waals surface area contributed by atoms with Gasteiger partial charge >= 0.3 is 11.9 Å². The second kappa shape index (κ2) is 5.23. The van der Waals surface area contributed by atoms with Crippen LogP contribution in [0.5, 0.6) is 0 Å². The standard InChI is InChI=1S/C22H30O4.ClH/c23-17(24)19-3-13-1-14(4-19)8-21(7-13,11-19)22-9-15-2-16(10-22)6-20(5-15,12-22)18(25)26;/h13-16H,1-12H2,(H,23,24)(H,25,26);1H. The van der Waals surface area contributed by atoms with E-state index in [4.69, 9.17) is 0 Å². The Bertz CT molecular complexity index is 627. The van der Waals surface area contributed by atoms with E-state index in [0.717, 1.165) is 38.5 Å². The van der Waals surface area contributed by atoms with Gasteiger partial charge in [0, 0.05) is 0 Å².